The molecule has 0 amide bonds. The Balaban J connectivity index is 2.40. The Hall–Kier alpha value is -0.900. The zero-order chi connectivity index (χ0) is 10.2. The van der Waals surface area contributed by atoms with E-state index in [-0.39, 0.29) is 5.54 Å². The van der Waals surface area contributed by atoms with E-state index in [1.165, 1.54) is 6.42 Å². The van der Waals surface area contributed by atoms with Crippen LogP contribution >= 0.6 is 0 Å². The molecular weight excluding hydrogens is 176 g/mol. The van der Waals surface area contributed by atoms with E-state index in [0.717, 1.165) is 37.5 Å². The molecule has 2 rings (SSSR count). The maximum absolute atomic E-state index is 6.31. The standard InChI is InChI=1S/C10H18N4/c1-3-10(11,4-2)9-13-12-8-6-5-7-14(8)9/h3-7,11H2,1-2H3. The summed E-state index contributed by atoms with van der Waals surface area (Å²) in [6.07, 6.45) is 4.07. The summed E-state index contributed by atoms with van der Waals surface area (Å²) in [5, 5.41) is 8.43. The number of hydrogen-bond acceptors (Lipinski definition) is 3. The predicted molar refractivity (Wildman–Crippen MR) is 54.8 cm³/mol. The average molecular weight is 194 g/mol. The third-order valence-electron chi connectivity index (χ3n) is 3.32. The first-order valence-corrected chi connectivity index (χ1v) is 5.42. The lowest BCUT2D eigenvalue weighted by atomic mass is 9.93. The molecule has 0 radical (unpaired) electrons. The number of aryl methyl sites for hydroxylation is 1. The van der Waals surface area contributed by atoms with Crippen LogP contribution in [0.2, 0.25) is 0 Å². The van der Waals surface area contributed by atoms with E-state index in [1.807, 2.05) is 0 Å². The third-order valence-corrected chi connectivity index (χ3v) is 3.32. The van der Waals surface area contributed by atoms with Gasteiger partial charge in [0, 0.05) is 13.0 Å². The monoisotopic (exact) mass is 194 g/mol. The van der Waals surface area contributed by atoms with E-state index in [0.29, 0.717) is 0 Å². The summed E-state index contributed by atoms with van der Waals surface area (Å²) in [6, 6.07) is 0. The normalized spacial score (nSPS) is 15.9. The van der Waals surface area contributed by atoms with Crippen LogP contribution in [0.1, 0.15) is 44.8 Å². The molecule has 0 spiro atoms. The zero-order valence-electron chi connectivity index (χ0n) is 8.95. The minimum atomic E-state index is -0.282. The van der Waals surface area contributed by atoms with Gasteiger partial charge in [-0.3, -0.25) is 0 Å². The second-order valence-corrected chi connectivity index (χ2v) is 4.06. The van der Waals surface area contributed by atoms with Crippen LogP contribution in [0, 0.1) is 0 Å². The number of nitrogens with zero attached hydrogens (tertiary/aromatic N) is 3. The van der Waals surface area contributed by atoms with Crippen molar-refractivity contribution in [3.8, 4) is 0 Å². The van der Waals surface area contributed by atoms with Crippen LogP contribution < -0.4 is 5.73 Å². The Morgan fingerprint density at radius 3 is 2.71 bits per heavy atom. The second kappa shape index (κ2) is 3.35. The summed E-state index contributed by atoms with van der Waals surface area (Å²) in [5.74, 6) is 2.09. The highest BCUT2D eigenvalue weighted by atomic mass is 15.3. The lowest BCUT2D eigenvalue weighted by Crippen LogP contribution is -2.38. The van der Waals surface area contributed by atoms with Gasteiger partial charge in [-0.15, -0.1) is 10.2 Å². The minimum absolute atomic E-state index is 0.282. The summed E-state index contributed by atoms with van der Waals surface area (Å²) in [4.78, 5) is 0. The van der Waals surface area contributed by atoms with Gasteiger partial charge in [0.05, 0.1) is 5.54 Å². The maximum Gasteiger partial charge on any atom is 0.153 e. The molecular formula is C10H18N4. The van der Waals surface area contributed by atoms with Crippen LogP contribution in [0.15, 0.2) is 0 Å². The first-order chi connectivity index (χ1) is 6.71. The highest BCUT2D eigenvalue weighted by Crippen LogP contribution is 2.27. The number of aromatic nitrogens is 3. The molecule has 0 saturated heterocycles. The summed E-state index contributed by atoms with van der Waals surface area (Å²) in [7, 11) is 0. The lowest BCUT2D eigenvalue weighted by Gasteiger charge is -2.25. The van der Waals surface area contributed by atoms with E-state index in [9.17, 15) is 0 Å². The number of fused-ring (bicyclic) bond motifs is 1. The highest BCUT2D eigenvalue weighted by Gasteiger charge is 2.31. The molecule has 0 unspecified atom stereocenters. The molecule has 0 aliphatic carbocycles. The molecule has 1 aliphatic heterocycles. The fraction of sp³-hybridized carbons (Fsp3) is 0.800. The quantitative estimate of drug-likeness (QED) is 0.786. The molecule has 1 aliphatic rings. The minimum Gasteiger partial charge on any atom is -0.319 e. The van der Waals surface area contributed by atoms with Gasteiger partial charge in [-0.05, 0) is 19.3 Å². The van der Waals surface area contributed by atoms with Crippen LogP contribution in [0.5, 0.6) is 0 Å². The van der Waals surface area contributed by atoms with Crippen LogP contribution in [0.25, 0.3) is 0 Å². The van der Waals surface area contributed by atoms with Crippen molar-refractivity contribution in [2.45, 2.75) is 51.6 Å². The van der Waals surface area contributed by atoms with Gasteiger partial charge in [0.15, 0.2) is 5.82 Å². The molecule has 1 aromatic rings. The van der Waals surface area contributed by atoms with Gasteiger partial charge in [0.2, 0.25) is 0 Å². The first kappa shape index (κ1) is 9.65. The Morgan fingerprint density at radius 1 is 1.36 bits per heavy atom. The molecule has 0 bridgehead atoms. The van der Waals surface area contributed by atoms with Gasteiger partial charge in [-0.2, -0.15) is 0 Å². The van der Waals surface area contributed by atoms with Gasteiger partial charge < -0.3 is 10.3 Å². The molecule has 1 aromatic heterocycles. The average Bonchev–Trinajstić information content (AvgIpc) is 2.77. The summed E-state index contributed by atoms with van der Waals surface area (Å²) in [5.41, 5.74) is 6.03. The molecule has 14 heavy (non-hydrogen) atoms. The van der Waals surface area contributed by atoms with Gasteiger partial charge in [0.25, 0.3) is 0 Å². The lowest BCUT2D eigenvalue weighted by molar-refractivity contribution is 0.370. The number of nitrogens with two attached hydrogens (primary N) is 1. The highest BCUT2D eigenvalue weighted by molar-refractivity contribution is 5.10. The van der Waals surface area contributed by atoms with Crippen molar-refractivity contribution >= 4 is 0 Å². The Labute approximate surface area is 84.5 Å². The van der Waals surface area contributed by atoms with Crippen molar-refractivity contribution < 1.29 is 0 Å². The largest absolute Gasteiger partial charge is 0.319 e. The van der Waals surface area contributed by atoms with E-state index < -0.39 is 0 Å². The van der Waals surface area contributed by atoms with E-state index in [4.69, 9.17) is 5.73 Å². The number of rotatable bonds is 3. The number of hydrogen-bond donors (Lipinski definition) is 1. The third kappa shape index (κ3) is 1.25. The molecule has 0 saturated carbocycles. The van der Waals surface area contributed by atoms with E-state index in [2.05, 4.69) is 28.6 Å². The molecule has 4 nitrogen and oxygen atoms in total. The van der Waals surface area contributed by atoms with Crippen LogP contribution in [-0.2, 0) is 18.5 Å². The maximum atomic E-state index is 6.31. The molecule has 4 heteroatoms. The van der Waals surface area contributed by atoms with Gasteiger partial charge in [-0.1, -0.05) is 13.8 Å². The Bertz CT molecular complexity index is 325. The Morgan fingerprint density at radius 2 is 2.07 bits per heavy atom. The van der Waals surface area contributed by atoms with Crippen molar-refractivity contribution in [2.24, 2.45) is 5.73 Å². The molecule has 2 N–H and O–H groups in total. The van der Waals surface area contributed by atoms with Crippen molar-refractivity contribution in [1.82, 2.24) is 14.8 Å². The van der Waals surface area contributed by atoms with Gasteiger partial charge >= 0.3 is 0 Å². The smallest absolute Gasteiger partial charge is 0.153 e. The van der Waals surface area contributed by atoms with Crippen LogP contribution in [0.3, 0.4) is 0 Å². The summed E-state index contributed by atoms with van der Waals surface area (Å²) < 4.78 is 2.20. The Kier molecular flexibility index (Phi) is 2.31. The molecule has 0 fully saturated rings. The molecule has 0 aromatic carbocycles. The van der Waals surface area contributed by atoms with Gasteiger partial charge in [-0.25, -0.2) is 0 Å². The molecule has 0 atom stereocenters. The fourth-order valence-electron chi connectivity index (χ4n) is 2.09. The zero-order valence-corrected chi connectivity index (χ0v) is 8.95. The van der Waals surface area contributed by atoms with Crippen molar-refractivity contribution in [2.75, 3.05) is 0 Å². The summed E-state index contributed by atoms with van der Waals surface area (Å²) >= 11 is 0. The second-order valence-electron chi connectivity index (χ2n) is 4.06. The van der Waals surface area contributed by atoms with Crippen molar-refractivity contribution in [1.29, 1.82) is 0 Å². The van der Waals surface area contributed by atoms with E-state index in [1.54, 1.807) is 0 Å². The van der Waals surface area contributed by atoms with Crippen molar-refractivity contribution in [3.63, 3.8) is 0 Å². The van der Waals surface area contributed by atoms with Crippen LogP contribution in [-0.4, -0.2) is 14.8 Å². The SMILES string of the molecule is CCC(N)(CC)c1nnc2n1CCC2. The fourth-order valence-corrected chi connectivity index (χ4v) is 2.09. The van der Waals surface area contributed by atoms with Gasteiger partial charge in [0.1, 0.15) is 5.82 Å². The molecule has 2 heterocycles. The molecule has 78 valence electrons. The predicted octanol–water partition coefficient (Wildman–Crippen LogP) is 1.20. The van der Waals surface area contributed by atoms with Crippen molar-refractivity contribution in [3.05, 3.63) is 11.6 Å². The first-order valence-electron chi connectivity index (χ1n) is 5.42. The van der Waals surface area contributed by atoms with E-state index >= 15 is 0 Å². The summed E-state index contributed by atoms with van der Waals surface area (Å²) in [6.45, 7) is 5.26. The topological polar surface area (TPSA) is 56.7 Å². The van der Waals surface area contributed by atoms with Crippen LogP contribution in [0.4, 0.5) is 0 Å².